The van der Waals surface area contributed by atoms with Gasteiger partial charge in [0.05, 0.1) is 24.9 Å². The van der Waals surface area contributed by atoms with Crippen molar-refractivity contribution in [1.29, 1.82) is 0 Å². The monoisotopic (exact) mass is 770 g/mol. The number of ketones is 4. The number of aromatic nitrogens is 1. The van der Waals surface area contributed by atoms with E-state index in [0.717, 1.165) is 5.56 Å². The number of nitrogens with one attached hydrogen (secondary N) is 1. The van der Waals surface area contributed by atoms with Crippen LogP contribution >= 0.6 is 0 Å². The van der Waals surface area contributed by atoms with Crippen molar-refractivity contribution >= 4 is 46.9 Å². The third kappa shape index (κ3) is 11.7. The van der Waals surface area contributed by atoms with Crippen molar-refractivity contribution in [3.63, 3.8) is 0 Å². The van der Waals surface area contributed by atoms with Gasteiger partial charge < -0.3 is 24.3 Å². The van der Waals surface area contributed by atoms with Crippen molar-refractivity contribution < 1.29 is 57.3 Å². The van der Waals surface area contributed by atoms with Gasteiger partial charge >= 0.3 is 17.9 Å². The maximum Gasteiger partial charge on any atom is 0.311 e. The van der Waals surface area contributed by atoms with Gasteiger partial charge in [0.15, 0.2) is 11.4 Å². The van der Waals surface area contributed by atoms with E-state index in [-0.39, 0.29) is 43.3 Å². The smallest absolute Gasteiger partial charge is 0.311 e. The van der Waals surface area contributed by atoms with E-state index in [4.69, 9.17) is 18.9 Å². The van der Waals surface area contributed by atoms with Crippen molar-refractivity contribution in [1.82, 2.24) is 10.3 Å². The van der Waals surface area contributed by atoms with Crippen molar-refractivity contribution in [2.45, 2.75) is 84.5 Å². The van der Waals surface area contributed by atoms with E-state index in [0.29, 0.717) is 24.8 Å². The number of esters is 3. The van der Waals surface area contributed by atoms with Crippen LogP contribution in [0.4, 0.5) is 0 Å². The number of nitrogens with zero attached hydrogens (tertiary/aromatic N) is 1. The van der Waals surface area contributed by atoms with Gasteiger partial charge in [-0.3, -0.25) is 38.4 Å². The molecular weight excluding hydrogens is 724 g/mol. The van der Waals surface area contributed by atoms with Crippen molar-refractivity contribution in [2.24, 2.45) is 17.8 Å². The average Bonchev–Trinajstić information content (AvgIpc) is 3.21. The Morgan fingerprint density at radius 2 is 1.43 bits per heavy atom. The second-order valence-electron chi connectivity index (χ2n) is 13.8. The maximum atomic E-state index is 13.8. The number of methoxy groups -OCH3 is 1. The van der Waals surface area contributed by atoms with Crippen LogP contribution in [0, 0.1) is 17.8 Å². The summed E-state index contributed by atoms with van der Waals surface area (Å²) in [6.45, 7) is 4.62. The van der Waals surface area contributed by atoms with Gasteiger partial charge in [0.2, 0.25) is 28.9 Å². The number of rotatable bonds is 16. The van der Waals surface area contributed by atoms with Gasteiger partial charge in [0.25, 0.3) is 5.91 Å². The molecule has 2 aromatic carbocycles. The number of unbranched alkanes of at least 4 members (excludes halogenated alkanes) is 2. The SMILES string of the molecule is COc1ccnc(C(=O)N[C@H]2CC(=O)C(=O)[C@H](Cc3ccccc3)[C@H](OC(=O)C(C)C)[C@H](C)C(=O)C2=O)c1OC(=O)CCCCCC(=O)OCc1ccccc1. The molecule has 14 heteroatoms. The van der Waals surface area contributed by atoms with E-state index < -0.39 is 83.0 Å². The molecule has 296 valence electrons. The molecule has 1 saturated carbocycles. The molecule has 0 unspecified atom stereocenters. The molecule has 0 spiro atoms. The van der Waals surface area contributed by atoms with E-state index >= 15 is 0 Å². The van der Waals surface area contributed by atoms with E-state index in [1.807, 2.05) is 30.3 Å². The van der Waals surface area contributed by atoms with Crippen LogP contribution in [0.15, 0.2) is 72.9 Å². The molecule has 0 radical (unpaired) electrons. The van der Waals surface area contributed by atoms with Crippen LogP contribution < -0.4 is 14.8 Å². The van der Waals surface area contributed by atoms with Gasteiger partial charge in [-0.05, 0) is 30.4 Å². The predicted molar refractivity (Wildman–Crippen MR) is 199 cm³/mol. The summed E-state index contributed by atoms with van der Waals surface area (Å²) in [5.41, 5.74) is 1.01. The zero-order valence-electron chi connectivity index (χ0n) is 31.8. The molecule has 56 heavy (non-hydrogen) atoms. The van der Waals surface area contributed by atoms with E-state index in [9.17, 15) is 38.4 Å². The van der Waals surface area contributed by atoms with Crippen molar-refractivity contribution in [3.8, 4) is 11.5 Å². The van der Waals surface area contributed by atoms with Gasteiger partial charge in [-0.2, -0.15) is 0 Å². The Balaban J connectivity index is 1.45. The average molecular weight is 771 g/mol. The van der Waals surface area contributed by atoms with Crippen LogP contribution in [-0.2, 0) is 56.1 Å². The molecular formula is C42H46N2O12. The number of benzene rings is 2. The fourth-order valence-electron chi connectivity index (χ4n) is 6.05. The summed E-state index contributed by atoms with van der Waals surface area (Å²) in [7, 11) is 1.27. The first-order chi connectivity index (χ1) is 26.8. The summed E-state index contributed by atoms with van der Waals surface area (Å²) in [5, 5.41) is 2.33. The number of hydrogen-bond acceptors (Lipinski definition) is 13. The number of Topliss-reactive ketones (excluding diaryl/α,β-unsaturated/α-hetero) is 4. The number of carbonyl (C=O) groups is 8. The lowest BCUT2D eigenvalue weighted by molar-refractivity contribution is -0.163. The minimum Gasteiger partial charge on any atom is -0.493 e. The summed E-state index contributed by atoms with van der Waals surface area (Å²) in [4.78, 5) is 110. The number of amides is 1. The highest BCUT2D eigenvalue weighted by molar-refractivity contribution is 6.44. The first-order valence-corrected chi connectivity index (χ1v) is 18.4. The Labute approximate surface area is 324 Å². The van der Waals surface area contributed by atoms with Crippen LogP contribution in [-0.4, -0.2) is 71.2 Å². The molecule has 0 saturated heterocycles. The second kappa shape index (κ2) is 20.6. The largest absolute Gasteiger partial charge is 0.493 e. The fourth-order valence-corrected chi connectivity index (χ4v) is 6.05. The number of ether oxygens (including phenoxy) is 4. The normalized spacial score (nSPS) is 18.7. The van der Waals surface area contributed by atoms with Crippen LogP contribution in [0.3, 0.4) is 0 Å². The third-order valence-corrected chi connectivity index (χ3v) is 9.21. The van der Waals surface area contributed by atoms with Crippen LogP contribution in [0.1, 0.15) is 80.9 Å². The summed E-state index contributed by atoms with van der Waals surface area (Å²) in [6, 6.07) is 17.4. The lowest BCUT2D eigenvalue weighted by atomic mass is 9.81. The Morgan fingerprint density at radius 1 is 0.804 bits per heavy atom. The standard InChI is InChI=1S/C42H46N2O12/c1-25(2)42(52)56-39-26(3)36(48)38(50)30(23-31(45)37(49)29(39)22-27-14-8-5-9-15-27)44-41(51)35-40(32(53-4)20-21-43-35)55-34(47)19-13-7-12-18-33(46)54-24-28-16-10-6-11-17-28/h5-6,8-11,14-17,20-21,25-26,29-30,39H,7,12-13,18-19,22-24H2,1-4H3,(H,44,51)/t26-,29+,30+,39-/m1/s1. The zero-order chi connectivity index (χ0) is 40.8. The molecule has 0 bridgehead atoms. The van der Waals surface area contributed by atoms with Crippen molar-refractivity contribution in [2.75, 3.05) is 7.11 Å². The topological polar surface area (TPSA) is 198 Å². The first-order valence-electron chi connectivity index (χ1n) is 18.4. The molecule has 1 heterocycles. The maximum absolute atomic E-state index is 13.8. The van der Waals surface area contributed by atoms with E-state index in [1.54, 1.807) is 44.2 Å². The lowest BCUT2D eigenvalue weighted by Crippen LogP contribution is -2.48. The summed E-state index contributed by atoms with van der Waals surface area (Å²) in [5.74, 6) is -10.9. The van der Waals surface area contributed by atoms with Crippen LogP contribution in [0.5, 0.6) is 11.5 Å². The lowest BCUT2D eigenvalue weighted by Gasteiger charge is -2.29. The van der Waals surface area contributed by atoms with Gasteiger partial charge in [0, 0.05) is 31.5 Å². The molecule has 1 amide bonds. The number of carbonyl (C=O) groups excluding carboxylic acids is 8. The fraction of sp³-hybridized carbons (Fsp3) is 0.405. The molecule has 0 aliphatic heterocycles. The zero-order valence-corrected chi connectivity index (χ0v) is 31.8. The molecule has 1 aliphatic carbocycles. The first kappa shape index (κ1) is 42.7. The molecule has 4 atom stereocenters. The Kier molecular flexibility index (Phi) is 15.7. The highest BCUT2D eigenvalue weighted by atomic mass is 16.6. The number of hydrogen-bond donors (Lipinski definition) is 1. The molecule has 1 N–H and O–H groups in total. The minimum absolute atomic E-state index is 0.0463. The van der Waals surface area contributed by atoms with Crippen LogP contribution in [0.2, 0.25) is 0 Å². The predicted octanol–water partition coefficient (Wildman–Crippen LogP) is 4.53. The molecule has 14 nitrogen and oxygen atoms in total. The second-order valence-corrected chi connectivity index (χ2v) is 13.8. The van der Waals surface area contributed by atoms with Gasteiger partial charge in [-0.1, -0.05) is 87.9 Å². The van der Waals surface area contributed by atoms with Gasteiger partial charge in [-0.15, -0.1) is 0 Å². The van der Waals surface area contributed by atoms with E-state index in [2.05, 4.69) is 10.3 Å². The highest BCUT2D eigenvalue weighted by Crippen LogP contribution is 2.31. The molecule has 1 aromatic heterocycles. The molecule has 1 aliphatic rings. The van der Waals surface area contributed by atoms with E-state index in [1.165, 1.54) is 26.3 Å². The van der Waals surface area contributed by atoms with Gasteiger partial charge in [-0.25, -0.2) is 4.98 Å². The third-order valence-electron chi connectivity index (χ3n) is 9.21. The summed E-state index contributed by atoms with van der Waals surface area (Å²) in [6.07, 6.45) is 0.200. The van der Waals surface area contributed by atoms with Crippen molar-refractivity contribution in [3.05, 3.63) is 89.7 Å². The Bertz CT molecular complexity index is 1910. The van der Waals surface area contributed by atoms with Gasteiger partial charge in [0.1, 0.15) is 18.8 Å². The quantitative estimate of drug-likeness (QED) is 0.121. The number of pyridine rings is 1. The minimum atomic E-state index is -1.80. The van der Waals surface area contributed by atoms with Crippen LogP contribution in [0.25, 0.3) is 0 Å². The summed E-state index contributed by atoms with van der Waals surface area (Å²) < 4.78 is 21.7. The summed E-state index contributed by atoms with van der Waals surface area (Å²) >= 11 is 0. The highest BCUT2D eigenvalue weighted by Gasteiger charge is 2.46. The molecule has 3 aromatic rings. The Morgan fingerprint density at radius 3 is 2.05 bits per heavy atom. The Hall–Kier alpha value is -6.05. The molecule has 4 rings (SSSR count). The molecule has 1 fully saturated rings.